The van der Waals surface area contributed by atoms with Gasteiger partial charge < -0.3 is 15.7 Å². The van der Waals surface area contributed by atoms with E-state index >= 15 is 0 Å². The van der Waals surface area contributed by atoms with E-state index in [0.29, 0.717) is 25.7 Å². The average Bonchev–Trinajstić information content (AvgIpc) is 2.26. The molecule has 0 heterocycles. The number of nitrogens with one attached hydrogen (secondary N) is 2. The predicted octanol–water partition coefficient (Wildman–Crippen LogP) is 0.746. The molecule has 0 aromatic heterocycles. The van der Waals surface area contributed by atoms with Gasteiger partial charge in [-0.05, 0) is 32.9 Å². The van der Waals surface area contributed by atoms with Crippen LogP contribution in [0.4, 0.5) is 0 Å². The van der Waals surface area contributed by atoms with E-state index in [0.717, 1.165) is 6.54 Å². The first-order valence-electron chi connectivity index (χ1n) is 5.71. The molecule has 0 bridgehead atoms. The van der Waals surface area contributed by atoms with Gasteiger partial charge in [-0.3, -0.25) is 4.79 Å². The third-order valence-corrected chi connectivity index (χ3v) is 2.83. The molecule has 0 atom stereocenters. The van der Waals surface area contributed by atoms with Crippen molar-refractivity contribution < 1.29 is 14.7 Å². The van der Waals surface area contributed by atoms with E-state index in [-0.39, 0.29) is 5.91 Å². The minimum atomic E-state index is -1.10. The van der Waals surface area contributed by atoms with Crippen LogP contribution in [0.5, 0.6) is 0 Å². The molecule has 0 spiro atoms. The summed E-state index contributed by atoms with van der Waals surface area (Å²) in [5.74, 6) is -1.15. The van der Waals surface area contributed by atoms with Crippen molar-refractivity contribution in [3.63, 3.8) is 0 Å². The minimum absolute atomic E-state index is 0.193. The summed E-state index contributed by atoms with van der Waals surface area (Å²) in [6.45, 7) is 4.29. The van der Waals surface area contributed by atoms with Gasteiger partial charge in [-0.2, -0.15) is 0 Å². The zero-order valence-electron chi connectivity index (χ0n) is 10.3. The molecule has 0 unspecified atom stereocenters. The summed E-state index contributed by atoms with van der Waals surface area (Å²) in [4.78, 5) is 22.7. The van der Waals surface area contributed by atoms with Crippen molar-refractivity contribution in [2.75, 3.05) is 13.6 Å². The maximum atomic E-state index is 11.6. The molecule has 16 heavy (non-hydrogen) atoms. The van der Waals surface area contributed by atoms with Gasteiger partial charge in [0.05, 0.1) is 0 Å². The SMILES string of the molecule is CCC(CC)(NC(=O)CCCNC)C(=O)O. The van der Waals surface area contributed by atoms with E-state index < -0.39 is 11.5 Å². The van der Waals surface area contributed by atoms with Crippen LogP contribution in [0.2, 0.25) is 0 Å². The van der Waals surface area contributed by atoms with Crippen LogP contribution in [0.25, 0.3) is 0 Å². The third-order valence-electron chi connectivity index (χ3n) is 2.83. The lowest BCUT2D eigenvalue weighted by Crippen LogP contribution is -2.53. The zero-order valence-corrected chi connectivity index (χ0v) is 10.3. The predicted molar refractivity (Wildman–Crippen MR) is 62.3 cm³/mol. The number of hydrogen-bond donors (Lipinski definition) is 3. The number of carboxylic acids is 1. The van der Waals surface area contributed by atoms with Crippen LogP contribution in [-0.4, -0.2) is 36.1 Å². The van der Waals surface area contributed by atoms with Crippen LogP contribution in [0.1, 0.15) is 39.5 Å². The Hall–Kier alpha value is -1.10. The molecule has 94 valence electrons. The average molecular weight is 230 g/mol. The van der Waals surface area contributed by atoms with Gasteiger partial charge >= 0.3 is 5.97 Å². The van der Waals surface area contributed by atoms with Gasteiger partial charge in [0.2, 0.25) is 5.91 Å². The van der Waals surface area contributed by atoms with E-state index in [1.807, 2.05) is 7.05 Å². The number of carboxylic acid groups (broad SMARTS) is 1. The summed E-state index contributed by atoms with van der Waals surface area (Å²) in [6.07, 6.45) is 1.87. The van der Waals surface area contributed by atoms with Crippen molar-refractivity contribution >= 4 is 11.9 Å². The fraction of sp³-hybridized carbons (Fsp3) is 0.818. The normalized spacial score (nSPS) is 11.2. The van der Waals surface area contributed by atoms with E-state index in [1.165, 1.54) is 0 Å². The Kier molecular flexibility index (Phi) is 6.72. The molecule has 0 fully saturated rings. The summed E-state index contributed by atoms with van der Waals surface area (Å²) in [7, 11) is 1.82. The molecule has 0 aromatic rings. The summed E-state index contributed by atoms with van der Waals surface area (Å²) in [6, 6.07) is 0. The van der Waals surface area contributed by atoms with E-state index in [2.05, 4.69) is 10.6 Å². The van der Waals surface area contributed by atoms with Crippen LogP contribution in [-0.2, 0) is 9.59 Å². The maximum Gasteiger partial charge on any atom is 0.329 e. The van der Waals surface area contributed by atoms with Crippen LogP contribution in [0.15, 0.2) is 0 Å². The van der Waals surface area contributed by atoms with Crippen molar-refractivity contribution in [3.8, 4) is 0 Å². The lowest BCUT2D eigenvalue weighted by molar-refractivity contribution is -0.148. The minimum Gasteiger partial charge on any atom is -0.480 e. The highest BCUT2D eigenvalue weighted by molar-refractivity contribution is 5.86. The lowest BCUT2D eigenvalue weighted by atomic mass is 9.92. The van der Waals surface area contributed by atoms with Crippen LogP contribution in [0, 0.1) is 0 Å². The molecule has 0 rings (SSSR count). The summed E-state index contributed by atoms with van der Waals surface area (Å²) in [5, 5.41) is 14.7. The fourth-order valence-electron chi connectivity index (χ4n) is 1.54. The Labute approximate surface area is 96.6 Å². The zero-order chi connectivity index (χ0) is 12.6. The Bertz CT molecular complexity index is 237. The van der Waals surface area contributed by atoms with E-state index in [9.17, 15) is 9.59 Å². The second-order valence-electron chi connectivity index (χ2n) is 3.85. The highest BCUT2D eigenvalue weighted by atomic mass is 16.4. The quantitative estimate of drug-likeness (QED) is 0.538. The van der Waals surface area contributed by atoms with Crippen LogP contribution >= 0.6 is 0 Å². The van der Waals surface area contributed by atoms with Crippen LogP contribution in [0.3, 0.4) is 0 Å². The Morgan fingerprint density at radius 3 is 2.19 bits per heavy atom. The number of carbonyl (C=O) groups is 2. The lowest BCUT2D eigenvalue weighted by Gasteiger charge is -2.28. The largest absolute Gasteiger partial charge is 0.480 e. The first kappa shape index (κ1) is 14.9. The first-order valence-corrected chi connectivity index (χ1v) is 5.71. The smallest absolute Gasteiger partial charge is 0.329 e. The van der Waals surface area contributed by atoms with Gasteiger partial charge in [0, 0.05) is 6.42 Å². The second kappa shape index (κ2) is 7.22. The van der Waals surface area contributed by atoms with E-state index in [4.69, 9.17) is 5.11 Å². The fourth-order valence-corrected chi connectivity index (χ4v) is 1.54. The molecule has 0 saturated carbocycles. The third kappa shape index (κ3) is 4.18. The molecule has 3 N–H and O–H groups in total. The van der Waals surface area contributed by atoms with Crippen molar-refractivity contribution in [2.24, 2.45) is 0 Å². The van der Waals surface area contributed by atoms with Crippen molar-refractivity contribution in [2.45, 2.75) is 45.1 Å². The molecular formula is C11H22N2O3. The van der Waals surface area contributed by atoms with Gasteiger partial charge in [0.15, 0.2) is 0 Å². The summed E-state index contributed by atoms with van der Waals surface area (Å²) < 4.78 is 0. The van der Waals surface area contributed by atoms with E-state index in [1.54, 1.807) is 13.8 Å². The Morgan fingerprint density at radius 1 is 1.25 bits per heavy atom. The molecular weight excluding hydrogens is 208 g/mol. The highest BCUT2D eigenvalue weighted by Gasteiger charge is 2.35. The summed E-state index contributed by atoms with van der Waals surface area (Å²) in [5.41, 5.74) is -1.10. The molecule has 0 radical (unpaired) electrons. The molecule has 1 amide bonds. The molecule has 0 saturated heterocycles. The number of amides is 1. The molecule has 5 heteroatoms. The second-order valence-corrected chi connectivity index (χ2v) is 3.85. The number of hydrogen-bond acceptors (Lipinski definition) is 3. The number of aliphatic carboxylic acids is 1. The molecule has 0 aliphatic carbocycles. The Morgan fingerprint density at radius 2 is 1.81 bits per heavy atom. The van der Waals surface area contributed by atoms with Crippen LogP contribution < -0.4 is 10.6 Å². The number of rotatable bonds is 8. The molecule has 0 aliphatic heterocycles. The highest BCUT2D eigenvalue weighted by Crippen LogP contribution is 2.15. The van der Waals surface area contributed by atoms with Gasteiger partial charge in [0.25, 0.3) is 0 Å². The molecule has 5 nitrogen and oxygen atoms in total. The van der Waals surface area contributed by atoms with Crippen molar-refractivity contribution in [1.29, 1.82) is 0 Å². The van der Waals surface area contributed by atoms with Crippen molar-refractivity contribution in [1.82, 2.24) is 10.6 Å². The van der Waals surface area contributed by atoms with Gasteiger partial charge in [-0.15, -0.1) is 0 Å². The van der Waals surface area contributed by atoms with Gasteiger partial charge in [0.1, 0.15) is 5.54 Å². The number of carbonyl (C=O) groups excluding carboxylic acids is 1. The Balaban J connectivity index is 4.29. The molecule has 0 aliphatic rings. The maximum absolute atomic E-state index is 11.6. The summed E-state index contributed by atoms with van der Waals surface area (Å²) >= 11 is 0. The topological polar surface area (TPSA) is 78.4 Å². The van der Waals surface area contributed by atoms with Gasteiger partial charge in [-0.1, -0.05) is 13.8 Å². The van der Waals surface area contributed by atoms with Crippen molar-refractivity contribution in [3.05, 3.63) is 0 Å². The van der Waals surface area contributed by atoms with Gasteiger partial charge in [-0.25, -0.2) is 4.79 Å². The molecule has 0 aromatic carbocycles. The standard InChI is InChI=1S/C11H22N2O3/c1-4-11(5-2,10(15)16)13-9(14)7-6-8-12-3/h12H,4-8H2,1-3H3,(H,13,14)(H,15,16). The first-order chi connectivity index (χ1) is 7.52. The monoisotopic (exact) mass is 230 g/mol.